The number of benzene rings is 2. The van der Waals surface area contributed by atoms with E-state index < -0.39 is 12.2 Å². The van der Waals surface area contributed by atoms with Crippen molar-refractivity contribution in [1.29, 1.82) is 0 Å². The monoisotopic (exact) mass is 326 g/mol. The van der Waals surface area contributed by atoms with Gasteiger partial charge in [-0.25, -0.2) is 4.79 Å². The standard InChI is InChI=1S/C21H26O3/c1-5-19(22)16(4)20(17-10-6-14(2)7-11-17)24-21(23)18-12-8-15(3)9-13-18/h6-13,16,19-20,22H,5H2,1-4H3/t16-,19+,20-/m0/s1. The van der Waals surface area contributed by atoms with E-state index in [0.29, 0.717) is 12.0 Å². The largest absolute Gasteiger partial charge is 0.454 e. The summed E-state index contributed by atoms with van der Waals surface area (Å²) in [6.07, 6.45) is -0.387. The molecule has 0 unspecified atom stereocenters. The highest BCUT2D eigenvalue weighted by atomic mass is 16.5. The number of rotatable bonds is 6. The van der Waals surface area contributed by atoms with Gasteiger partial charge in [0.05, 0.1) is 11.7 Å². The fourth-order valence-electron chi connectivity index (χ4n) is 2.68. The molecular weight excluding hydrogens is 300 g/mol. The van der Waals surface area contributed by atoms with Gasteiger partial charge in [0, 0.05) is 5.92 Å². The molecule has 3 heteroatoms. The van der Waals surface area contributed by atoms with E-state index in [4.69, 9.17) is 4.74 Å². The van der Waals surface area contributed by atoms with E-state index in [-0.39, 0.29) is 11.9 Å². The Bertz CT molecular complexity index is 658. The van der Waals surface area contributed by atoms with Gasteiger partial charge < -0.3 is 9.84 Å². The second-order valence-electron chi connectivity index (χ2n) is 6.44. The fraction of sp³-hybridized carbons (Fsp3) is 0.381. The minimum Gasteiger partial charge on any atom is -0.454 e. The lowest BCUT2D eigenvalue weighted by atomic mass is 9.90. The van der Waals surface area contributed by atoms with Crippen LogP contribution in [0.15, 0.2) is 48.5 Å². The lowest BCUT2D eigenvalue weighted by molar-refractivity contribution is -0.0154. The van der Waals surface area contributed by atoms with Gasteiger partial charge in [0.15, 0.2) is 0 Å². The van der Waals surface area contributed by atoms with Gasteiger partial charge in [0.2, 0.25) is 0 Å². The number of ether oxygens (including phenoxy) is 1. The molecule has 0 spiro atoms. The van der Waals surface area contributed by atoms with Crippen molar-refractivity contribution in [2.75, 3.05) is 0 Å². The normalized spacial score (nSPS) is 14.7. The van der Waals surface area contributed by atoms with Crippen LogP contribution in [-0.4, -0.2) is 17.2 Å². The molecular formula is C21H26O3. The summed E-state index contributed by atoms with van der Waals surface area (Å²) in [5.41, 5.74) is 3.67. The molecule has 0 fully saturated rings. The molecule has 0 saturated carbocycles. The van der Waals surface area contributed by atoms with Gasteiger partial charge in [-0.3, -0.25) is 0 Å². The van der Waals surface area contributed by atoms with Crippen LogP contribution in [0.2, 0.25) is 0 Å². The highest BCUT2D eigenvalue weighted by Gasteiger charge is 2.28. The zero-order valence-corrected chi connectivity index (χ0v) is 14.8. The average Bonchev–Trinajstić information content (AvgIpc) is 2.59. The van der Waals surface area contributed by atoms with Gasteiger partial charge in [0.25, 0.3) is 0 Å². The fourth-order valence-corrected chi connectivity index (χ4v) is 2.68. The first kappa shape index (κ1) is 18.2. The second kappa shape index (κ2) is 8.11. The van der Waals surface area contributed by atoms with Crippen LogP contribution in [0.1, 0.15) is 53.4 Å². The summed E-state index contributed by atoms with van der Waals surface area (Å²) in [7, 11) is 0. The van der Waals surface area contributed by atoms with Crippen LogP contribution >= 0.6 is 0 Å². The number of hydrogen-bond donors (Lipinski definition) is 1. The van der Waals surface area contributed by atoms with Crippen molar-refractivity contribution >= 4 is 5.97 Å². The number of aryl methyl sites for hydroxylation is 2. The summed E-state index contributed by atoms with van der Waals surface area (Å²) in [6, 6.07) is 15.2. The predicted molar refractivity (Wildman–Crippen MR) is 96.0 cm³/mol. The first-order valence-corrected chi connectivity index (χ1v) is 8.44. The van der Waals surface area contributed by atoms with Crippen LogP contribution in [-0.2, 0) is 4.74 Å². The number of aliphatic hydroxyl groups excluding tert-OH is 1. The molecule has 2 aromatic rings. The molecule has 0 heterocycles. The number of esters is 1. The minimum atomic E-state index is -0.526. The van der Waals surface area contributed by atoms with Crippen molar-refractivity contribution in [3.8, 4) is 0 Å². The van der Waals surface area contributed by atoms with Crippen LogP contribution in [0.4, 0.5) is 0 Å². The van der Waals surface area contributed by atoms with Crippen LogP contribution in [0, 0.1) is 19.8 Å². The third kappa shape index (κ3) is 4.45. The topological polar surface area (TPSA) is 46.5 Å². The van der Waals surface area contributed by atoms with E-state index in [1.807, 2.05) is 64.1 Å². The van der Waals surface area contributed by atoms with E-state index in [0.717, 1.165) is 16.7 Å². The van der Waals surface area contributed by atoms with E-state index in [1.165, 1.54) is 0 Å². The molecule has 24 heavy (non-hydrogen) atoms. The molecule has 3 nitrogen and oxygen atoms in total. The smallest absolute Gasteiger partial charge is 0.338 e. The first-order chi connectivity index (χ1) is 11.4. The summed E-state index contributed by atoms with van der Waals surface area (Å²) in [6.45, 7) is 7.83. The van der Waals surface area contributed by atoms with E-state index in [9.17, 15) is 9.90 Å². The molecule has 1 N–H and O–H groups in total. The molecule has 0 saturated heterocycles. The van der Waals surface area contributed by atoms with Gasteiger partial charge >= 0.3 is 5.97 Å². The molecule has 0 aliphatic heterocycles. The Hall–Kier alpha value is -2.13. The second-order valence-corrected chi connectivity index (χ2v) is 6.44. The Morgan fingerprint density at radius 1 is 1.00 bits per heavy atom. The van der Waals surface area contributed by atoms with Crippen molar-refractivity contribution in [1.82, 2.24) is 0 Å². The summed E-state index contributed by atoms with van der Waals surface area (Å²) >= 11 is 0. The summed E-state index contributed by atoms with van der Waals surface area (Å²) in [4.78, 5) is 12.5. The Morgan fingerprint density at radius 3 is 2.00 bits per heavy atom. The number of carbonyl (C=O) groups excluding carboxylic acids is 1. The maximum atomic E-state index is 12.5. The zero-order valence-electron chi connectivity index (χ0n) is 14.8. The van der Waals surface area contributed by atoms with Crippen molar-refractivity contribution in [2.45, 2.75) is 46.3 Å². The maximum absolute atomic E-state index is 12.5. The molecule has 0 aliphatic rings. The van der Waals surface area contributed by atoms with Gasteiger partial charge in [-0.05, 0) is 38.0 Å². The Kier molecular flexibility index (Phi) is 6.16. The molecule has 0 radical (unpaired) electrons. The van der Waals surface area contributed by atoms with E-state index in [2.05, 4.69) is 0 Å². The van der Waals surface area contributed by atoms with Crippen molar-refractivity contribution in [3.63, 3.8) is 0 Å². The number of hydrogen-bond acceptors (Lipinski definition) is 3. The zero-order chi connectivity index (χ0) is 17.7. The first-order valence-electron chi connectivity index (χ1n) is 8.44. The third-order valence-electron chi connectivity index (χ3n) is 4.43. The average molecular weight is 326 g/mol. The van der Waals surface area contributed by atoms with Crippen molar-refractivity contribution < 1.29 is 14.6 Å². The lowest BCUT2D eigenvalue weighted by Crippen LogP contribution is -2.27. The van der Waals surface area contributed by atoms with Crippen molar-refractivity contribution in [2.24, 2.45) is 5.92 Å². The Labute approximate surface area is 144 Å². The van der Waals surface area contributed by atoms with Crippen LogP contribution in [0.25, 0.3) is 0 Å². The molecule has 0 aromatic heterocycles. The molecule has 128 valence electrons. The SMILES string of the molecule is CC[C@@H](O)[C@H](C)[C@H](OC(=O)c1ccc(C)cc1)c1ccc(C)cc1. The van der Waals surface area contributed by atoms with Crippen LogP contribution < -0.4 is 0 Å². The van der Waals surface area contributed by atoms with Gasteiger partial charge in [-0.15, -0.1) is 0 Å². The van der Waals surface area contributed by atoms with E-state index >= 15 is 0 Å². The quantitative estimate of drug-likeness (QED) is 0.789. The minimum absolute atomic E-state index is 0.188. The lowest BCUT2D eigenvalue weighted by Gasteiger charge is -2.28. The third-order valence-corrected chi connectivity index (χ3v) is 4.43. The molecule has 3 atom stereocenters. The summed E-state index contributed by atoms with van der Waals surface area (Å²) < 4.78 is 5.79. The highest BCUT2D eigenvalue weighted by molar-refractivity contribution is 5.89. The van der Waals surface area contributed by atoms with Crippen LogP contribution in [0.3, 0.4) is 0 Å². The van der Waals surface area contributed by atoms with Gasteiger partial charge in [0.1, 0.15) is 6.10 Å². The van der Waals surface area contributed by atoms with Crippen molar-refractivity contribution in [3.05, 3.63) is 70.8 Å². The maximum Gasteiger partial charge on any atom is 0.338 e. The predicted octanol–water partition coefficient (Wildman–Crippen LogP) is 4.61. The number of carbonyl (C=O) groups is 1. The summed E-state index contributed by atoms with van der Waals surface area (Å²) in [5.74, 6) is -0.553. The van der Waals surface area contributed by atoms with E-state index in [1.54, 1.807) is 12.1 Å². The molecule has 0 bridgehead atoms. The van der Waals surface area contributed by atoms with Gasteiger partial charge in [-0.1, -0.05) is 61.4 Å². The Morgan fingerprint density at radius 2 is 1.50 bits per heavy atom. The van der Waals surface area contributed by atoms with Crippen LogP contribution in [0.5, 0.6) is 0 Å². The van der Waals surface area contributed by atoms with Gasteiger partial charge in [-0.2, -0.15) is 0 Å². The highest BCUT2D eigenvalue weighted by Crippen LogP contribution is 2.31. The molecule has 2 aromatic carbocycles. The Balaban J connectivity index is 2.26. The summed E-state index contributed by atoms with van der Waals surface area (Å²) in [5, 5.41) is 10.2. The molecule has 2 rings (SSSR count). The molecule has 0 aliphatic carbocycles. The molecule has 0 amide bonds. The number of aliphatic hydroxyl groups is 1.